The number of oxime groups is 1. The molecule has 0 aromatic heterocycles. The third-order valence-electron chi connectivity index (χ3n) is 5.11. The summed E-state index contributed by atoms with van der Waals surface area (Å²) in [5.41, 5.74) is 1.03. The predicted molar refractivity (Wildman–Crippen MR) is 104 cm³/mol. The third kappa shape index (κ3) is 12.5. The summed E-state index contributed by atoms with van der Waals surface area (Å²) in [5.74, 6) is 0.863. The largest absolute Gasteiger partial charge is 0.411 e. The van der Waals surface area contributed by atoms with Gasteiger partial charge in [0.05, 0.1) is 5.71 Å². The molecule has 0 heterocycles. The molecule has 0 fully saturated rings. The van der Waals surface area contributed by atoms with Crippen molar-refractivity contribution in [2.75, 3.05) is 0 Å². The average molecular weight is 326 g/mol. The Bertz CT molecular complexity index is 251. The molecule has 0 radical (unpaired) electrons. The molecule has 23 heavy (non-hydrogen) atoms. The van der Waals surface area contributed by atoms with Gasteiger partial charge in [0.1, 0.15) is 0 Å². The van der Waals surface area contributed by atoms with Crippen LogP contribution in [0.5, 0.6) is 0 Å². The highest BCUT2D eigenvalue weighted by molar-refractivity contribution is 5.87. The van der Waals surface area contributed by atoms with E-state index in [2.05, 4.69) is 32.9 Å². The second-order valence-electron chi connectivity index (χ2n) is 7.44. The van der Waals surface area contributed by atoms with E-state index in [1.807, 2.05) is 0 Å². The van der Waals surface area contributed by atoms with Crippen LogP contribution in [-0.2, 0) is 0 Å². The number of hydrogen-bond donors (Lipinski definition) is 1. The van der Waals surface area contributed by atoms with Crippen LogP contribution in [0.3, 0.4) is 0 Å². The molecular formula is C21H43NO. The molecule has 0 aromatic carbocycles. The minimum absolute atomic E-state index is 0.432. The molecular weight excluding hydrogens is 282 g/mol. The van der Waals surface area contributed by atoms with Crippen LogP contribution < -0.4 is 0 Å². The molecule has 2 nitrogen and oxygen atoms in total. The van der Waals surface area contributed by atoms with Crippen molar-refractivity contribution in [3.8, 4) is 0 Å². The molecule has 0 saturated carbocycles. The molecule has 2 heteroatoms. The van der Waals surface area contributed by atoms with E-state index in [1.165, 1.54) is 89.9 Å². The van der Waals surface area contributed by atoms with Crippen molar-refractivity contribution in [3.63, 3.8) is 0 Å². The van der Waals surface area contributed by atoms with E-state index < -0.39 is 0 Å². The van der Waals surface area contributed by atoms with E-state index >= 15 is 0 Å². The highest BCUT2D eigenvalue weighted by atomic mass is 16.4. The van der Waals surface area contributed by atoms with E-state index in [0.717, 1.165) is 5.71 Å². The lowest BCUT2D eigenvalue weighted by atomic mass is 9.87. The van der Waals surface area contributed by atoms with Gasteiger partial charge in [-0.1, -0.05) is 110 Å². The molecule has 0 aliphatic carbocycles. The third-order valence-corrected chi connectivity index (χ3v) is 5.11. The Labute approximate surface area is 146 Å². The summed E-state index contributed by atoms with van der Waals surface area (Å²) < 4.78 is 0. The monoisotopic (exact) mass is 325 g/mol. The summed E-state index contributed by atoms with van der Waals surface area (Å²) in [5, 5.41) is 13.1. The number of unbranched alkanes of at least 4 members (excludes halogenated alkanes) is 10. The summed E-state index contributed by atoms with van der Waals surface area (Å²) in [6.45, 7) is 8.99. The first-order valence-electron chi connectivity index (χ1n) is 10.4. The van der Waals surface area contributed by atoms with Gasteiger partial charge in [0, 0.05) is 0 Å². The molecule has 0 aromatic rings. The molecule has 0 aliphatic heterocycles. The zero-order valence-electron chi connectivity index (χ0n) is 16.4. The van der Waals surface area contributed by atoms with Crippen molar-refractivity contribution in [1.82, 2.24) is 0 Å². The molecule has 0 amide bonds. The van der Waals surface area contributed by atoms with Crippen molar-refractivity contribution in [2.24, 2.45) is 17.0 Å². The maximum Gasteiger partial charge on any atom is 0.0626 e. The highest BCUT2D eigenvalue weighted by Gasteiger charge is 2.18. The summed E-state index contributed by atoms with van der Waals surface area (Å²) >= 11 is 0. The van der Waals surface area contributed by atoms with E-state index in [4.69, 9.17) is 0 Å². The van der Waals surface area contributed by atoms with E-state index in [1.54, 1.807) is 0 Å². The minimum Gasteiger partial charge on any atom is -0.411 e. The maximum absolute atomic E-state index is 9.40. The van der Waals surface area contributed by atoms with Crippen LogP contribution in [0.15, 0.2) is 5.16 Å². The van der Waals surface area contributed by atoms with Gasteiger partial charge in [-0.2, -0.15) is 0 Å². The van der Waals surface area contributed by atoms with Gasteiger partial charge in [-0.3, -0.25) is 0 Å². The lowest BCUT2D eigenvalue weighted by Gasteiger charge is -2.19. The fourth-order valence-corrected chi connectivity index (χ4v) is 3.44. The second kappa shape index (κ2) is 16.3. The van der Waals surface area contributed by atoms with E-state index in [-0.39, 0.29) is 0 Å². The van der Waals surface area contributed by atoms with Crippen LogP contribution in [0.4, 0.5) is 0 Å². The van der Waals surface area contributed by atoms with Gasteiger partial charge in [-0.25, -0.2) is 0 Å². The van der Waals surface area contributed by atoms with Crippen molar-refractivity contribution < 1.29 is 5.21 Å². The molecule has 0 spiro atoms. The molecule has 0 aliphatic rings. The van der Waals surface area contributed by atoms with Crippen molar-refractivity contribution in [1.29, 1.82) is 0 Å². The SMILES string of the molecule is CCCCCCCCC(C)C(=NO)C(C)CCCCCCCC. The smallest absolute Gasteiger partial charge is 0.0626 e. The van der Waals surface area contributed by atoms with Gasteiger partial charge in [-0.05, 0) is 24.7 Å². The Hall–Kier alpha value is -0.530. The average Bonchev–Trinajstić information content (AvgIpc) is 2.54. The number of nitrogens with zero attached hydrogens (tertiary/aromatic N) is 1. The van der Waals surface area contributed by atoms with Crippen molar-refractivity contribution >= 4 is 5.71 Å². The van der Waals surface area contributed by atoms with Gasteiger partial charge in [0.15, 0.2) is 0 Å². The van der Waals surface area contributed by atoms with Crippen LogP contribution >= 0.6 is 0 Å². The van der Waals surface area contributed by atoms with Crippen molar-refractivity contribution in [3.05, 3.63) is 0 Å². The molecule has 1 N–H and O–H groups in total. The van der Waals surface area contributed by atoms with Crippen molar-refractivity contribution in [2.45, 2.75) is 118 Å². The Kier molecular flexibility index (Phi) is 16.0. The van der Waals surface area contributed by atoms with Gasteiger partial charge < -0.3 is 5.21 Å². The van der Waals surface area contributed by atoms with Gasteiger partial charge >= 0.3 is 0 Å². The fourth-order valence-electron chi connectivity index (χ4n) is 3.44. The molecule has 2 unspecified atom stereocenters. The molecule has 0 saturated heterocycles. The first-order valence-corrected chi connectivity index (χ1v) is 10.4. The van der Waals surface area contributed by atoms with E-state index in [9.17, 15) is 5.21 Å². The van der Waals surface area contributed by atoms with Crippen LogP contribution in [0, 0.1) is 11.8 Å². The zero-order chi connectivity index (χ0) is 17.3. The second-order valence-corrected chi connectivity index (χ2v) is 7.44. The molecule has 138 valence electrons. The van der Waals surface area contributed by atoms with E-state index in [0.29, 0.717) is 11.8 Å². The first-order chi connectivity index (χ1) is 11.2. The fraction of sp³-hybridized carbons (Fsp3) is 0.952. The Morgan fingerprint density at radius 1 is 0.652 bits per heavy atom. The lowest BCUT2D eigenvalue weighted by molar-refractivity contribution is 0.308. The lowest BCUT2D eigenvalue weighted by Crippen LogP contribution is -2.20. The number of hydrogen-bond acceptors (Lipinski definition) is 2. The highest BCUT2D eigenvalue weighted by Crippen LogP contribution is 2.21. The summed E-state index contributed by atoms with van der Waals surface area (Å²) in [6, 6.07) is 0. The van der Waals surface area contributed by atoms with Crippen LogP contribution in [0.1, 0.15) is 118 Å². The standard InChI is InChI=1S/C21H43NO/c1-5-7-9-11-13-15-17-19(3)21(22-23)20(4)18-16-14-12-10-8-6-2/h19-20,23H,5-18H2,1-4H3. The summed E-state index contributed by atoms with van der Waals surface area (Å²) in [6.07, 6.45) is 18.4. The molecule has 0 rings (SSSR count). The molecule has 0 bridgehead atoms. The maximum atomic E-state index is 9.40. The molecule has 2 atom stereocenters. The predicted octanol–water partition coefficient (Wildman–Crippen LogP) is 7.59. The summed E-state index contributed by atoms with van der Waals surface area (Å²) in [4.78, 5) is 0. The van der Waals surface area contributed by atoms with Gasteiger partial charge in [-0.15, -0.1) is 0 Å². The normalized spacial score (nSPS) is 13.7. The minimum atomic E-state index is 0.432. The van der Waals surface area contributed by atoms with Gasteiger partial charge in [0.25, 0.3) is 0 Å². The Balaban J connectivity index is 3.83. The Morgan fingerprint density at radius 2 is 1.00 bits per heavy atom. The number of rotatable bonds is 16. The van der Waals surface area contributed by atoms with Crippen LogP contribution in [0.2, 0.25) is 0 Å². The topological polar surface area (TPSA) is 32.6 Å². The van der Waals surface area contributed by atoms with Crippen LogP contribution in [-0.4, -0.2) is 10.9 Å². The van der Waals surface area contributed by atoms with Gasteiger partial charge in [0.2, 0.25) is 0 Å². The first kappa shape index (κ1) is 22.5. The zero-order valence-corrected chi connectivity index (χ0v) is 16.4. The Morgan fingerprint density at radius 3 is 1.35 bits per heavy atom. The summed E-state index contributed by atoms with van der Waals surface area (Å²) in [7, 11) is 0. The van der Waals surface area contributed by atoms with Crippen LogP contribution in [0.25, 0.3) is 0 Å². The quantitative estimate of drug-likeness (QED) is 0.135.